The zero-order valence-corrected chi connectivity index (χ0v) is 21.7. The van der Waals surface area contributed by atoms with Gasteiger partial charge in [0, 0.05) is 13.2 Å². The van der Waals surface area contributed by atoms with E-state index in [1.54, 1.807) is 48.5 Å². The highest BCUT2D eigenvalue weighted by atomic mass is 32.2. The van der Waals surface area contributed by atoms with Crippen LogP contribution in [0.4, 0.5) is 0 Å². The Kier molecular flexibility index (Phi) is 14.5. The highest BCUT2D eigenvalue weighted by molar-refractivity contribution is 7.91. The predicted molar refractivity (Wildman–Crippen MR) is 139 cm³/mol. The second-order valence-electron chi connectivity index (χ2n) is 8.83. The van der Waals surface area contributed by atoms with Gasteiger partial charge in [-0.15, -0.1) is 0 Å². The van der Waals surface area contributed by atoms with Crippen LogP contribution in [-0.4, -0.2) is 45.1 Å². The van der Waals surface area contributed by atoms with Gasteiger partial charge in [0.15, 0.2) is 0 Å². The molecular weight excluding hydrogens is 464 g/mol. The maximum Gasteiger partial charge on any atom is 0.206 e. The molecule has 0 aliphatic carbocycles. The summed E-state index contributed by atoms with van der Waals surface area (Å²) >= 11 is 0. The molecule has 7 heteroatoms. The fourth-order valence-electron chi connectivity index (χ4n) is 3.79. The van der Waals surface area contributed by atoms with Crippen LogP contribution in [-0.2, 0) is 9.84 Å². The smallest absolute Gasteiger partial charge is 0.206 e. The average molecular weight is 507 g/mol. The fraction of sp³-hybridized carbons (Fsp3) is 0.571. The third-order valence-corrected chi connectivity index (χ3v) is 7.70. The molecule has 0 aromatic heterocycles. The molecule has 0 saturated heterocycles. The van der Waals surface area contributed by atoms with Crippen LogP contribution in [0.3, 0.4) is 0 Å². The highest BCUT2D eigenvalue weighted by Crippen LogP contribution is 2.25. The monoisotopic (exact) mass is 506 g/mol. The first kappa shape index (κ1) is 29.1. The minimum absolute atomic E-state index is 0.239. The predicted octanol–water partition coefficient (Wildman–Crippen LogP) is 5.94. The first-order valence-corrected chi connectivity index (χ1v) is 14.5. The number of ether oxygens (including phenoxy) is 2. The van der Waals surface area contributed by atoms with Crippen molar-refractivity contribution in [3.05, 3.63) is 48.5 Å². The SMILES string of the molecule is O=S(=O)(c1ccc(OCCCCCCCCO)cc1)c1ccc(OCCCCCCCCO)cc1. The number of benzene rings is 2. The Balaban J connectivity index is 1.72. The molecule has 0 bridgehead atoms. The van der Waals surface area contributed by atoms with Crippen molar-refractivity contribution in [3.8, 4) is 11.5 Å². The van der Waals surface area contributed by atoms with Crippen molar-refractivity contribution in [3.63, 3.8) is 0 Å². The normalized spacial score (nSPS) is 11.5. The number of aliphatic hydroxyl groups excluding tert-OH is 2. The minimum atomic E-state index is -3.60. The summed E-state index contributed by atoms with van der Waals surface area (Å²) in [4.78, 5) is 0.479. The molecule has 0 radical (unpaired) electrons. The van der Waals surface area contributed by atoms with E-state index in [1.807, 2.05) is 0 Å². The van der Waals surface area contributed by atoms with Gasteiger partial charge in [0.05, 0.1) is 23.0 Å². The van der Waals surface area contributed by atoms with Crippen molar-refractivity contribution in [1.29, 1.82) is 0 Å². The number of rotatable bonds is 20. The summed E-state index contributed by atoms with van der Waals surface area (Å²) in [5.41, 5.74) is 0. The van der Waals surface area contributed by atoms with Crippen molar-refractivity contribution in [2.75, 3.05) is 26.4 Å². The summed E-state index contributed by atoms with van der Waals surface area (Å²) in [6.07, 6.45) is 12.5. The van der Waals surface area contributed by atoms with Gasteiger partial charge < -0.3 is 19.7 Å². The Labute approximate surface area is 211 Å². The van der Waals surface area contributed by atoms with Crippen LogP contribution in [0.25, 0.3) is 0 Å². The van der Waals surface area contributed by atoms with Gasteiger partial charge in [-0.25, -0.2) is 8.42 Å². The summed E-state index contributed by atoms with van der Waals surface area (Å²) in [5.74, 6) is 1.34. The van der Waals surface area contributed by atoms with Crippen LogP contribution in [0.15, 0.2) is 58.3 Å². The Bertz CT molecular complexity index is 825. The van der Waals surface area contributed by atoms with Gasteiger partial charge in [0.2, 0.25) is 9.84 Å². The van der Waals surface area contributed by atoms with Crippen LogP contribution < -0.4 is 9.47 Å². The molecule has 2 aromatic rings. The molecule has 0 atom stereocenters. The molecule has 0 aliphatic heterocycles. The minimum Gasteiger partial charge on any atom is -0.494 e. The first-order chi connectivity index (χ1) is 17.1. The van der Waals surface area contributed by atoms with E-state index in [0.29, 0.717) is 24.7 Å². The average Bonchev–Trinajstić information content (AvgIpc) is 2.88. The van der Waals surface area contributed by atoms with Gasteiger partial charge in [-0.2, -0.15) is 0 Å². The molecule has 0 saturated carbocycles. The largest absolute Gasteiger partial charge is 0.494 e. The summed E-state index contributed by atoms with van der Waals surface area (Å²) in [7, 11) is -3.60. The Morgan fingerprint density at radius 1 is 0.486 bits per heavy atom. The van der Waals surface area contributed by atoms with Gasteiger partial charge in [0.1, 0.15) is 11.5 Å². The van der Waals surface area contributed by atoms with Gasteiger partial charge in [-0.05, 0) is 74.2 Å². The first-order valence-electron chi connectivity index (χ1n) is 13.0. The number of sulfone groups is 1. The number of aliphatic hydroxyl groups is 2. The van der Waals surface area contributed by atoms with E-state index in [2.05, 4.69) is 0 Å². The lowest BCUT2D eigenvalue weighted by Crippen LogP contribution is -2.03. The van der Waals surface area contributed by atoms with Crippen molar-refractivity contribution < 1.29 is 28.1 Å². The van der Waals surface area contributed by atoms with Crippen LogP contribution in [0.5, 0.6) is 11.5 Å². The summed E-state index contributed by atoms with van der Waals surface area (Å²) in [6, 6.07) is 13.2. The van der Waals surface area contributed by atoms with E-state index >= 15 is 0 Å². The molecule has 2 N–H and O–H groups in total. The third kappa shape index (κ3) is 11.5. The summed E-state index contributed by atoms with van der Waals surface area (Å²) < 4.78 is 37.4. The number of hydrogen-bond acceptors (Lipinski definition) is 6. The number of hydrogen-bond donors (Lipinski definition) is 2. The standard InChI is InChI=1S/C28H42O6S/c29-21-9-5-1-3-7-11-23-33-25-13-17-27(18-14-25)35(31,32)28-19-15-26(16-20-28)34-24-12-8-4-2-6-10-22-30/h13-20,29-30H,1-12,21-24H2. The lowest BCUT2D eigenvalue weighted by atomic mass is 10.1. The van der Waals surface area contributed by atoms with E-state index < -0.39 is 9.84 Å². The molecule has 0 fully saturated rings. The highest BCUT2D eigenvalue weighted by Gasteiger charge is 2.17. The molecule has 0 heterocycles. The van der Waals surface area contributed by atoms with E-state index in [-0.39, 0.29) is 23.0 Å². The van der Waals surface area contributed by atoms with Gasteiger partial charge in [-0.3, -0.25) is 0 Å². The van der Waals surface area contributed by atoms with Crippen LogP contribution in [0.1, 0.15) is 77.0 Å². The zero-order valence-electron chi connectivity index (χ0n) is 20.9. The molecule has 0 amide bonds. The van der Waals surface area contributed by atoms with Crippen molar-refractivity contribution in [1.82, 2.24) is 0 Å². The van der Waals surface area contributed by atoms with Crippen molar-refractivity contribution >= 4 is 9.84 Å². The maximum absolute atomic E-state index is 13.0. The van der Waals surface area contributed by atoms with Crippen LogP contribution in [0, 0.1) is 0 Å². The second kappa shape index (κ2) is 17.4. The zero-order chi connectivity index (χ0) is 25.2. The van der Waals surface area contributed by atoms with Gasteiger partial charge >= 0.3 is 0 Å². The number of unbranched alkanes of at least 4 members (excludes halogenated alkanes) is 10. The molecule has 6 nitrogen and oxygen atoms in total. The Hall–Kier alpha value is -2.09. The lowest BCUT2D eigenvalue weighted by Gasteiger charge is -2.10. The maximum atomic E-state index is 13.0. The molecule has 0 spiro atoms. The van der Waals surface area contributed by atoms with Gasteiger partial charge in [0.25, 0.3) is 0 Å². The second-order valence-corrected chi connectivity index (χ2v) is 10.8. The molecule has 0 unspecified atom stereocenters. The topological polar surface area (TPSA) is 93.1 Å². The van der Waals surface area contributed by atoms with Crippen LogP contribution >= 0.6 is 0 Å². The van der Waals surface area contributed by atoms with Crippen molar-refractivity contribution in [2.45, 2.75) is 86.8 Å². The van der Waals surface area contributed by atoms with E-state index in [4.69, 9.17) is 19.7 Å². The quantitative estimate of drug-likeness (QED) is 0.216. The Morgan fingerprint density at radius 2 is 0.800 bits per heavy atom. The fourth-order valence-corrected chi connectivity index (χ4v) is 5.05. The lowest BCUT2D eigenvalue weighted by molar-refractivity contribution is 0.280. The molecule has 35 heavy (non-hydrogen) atoms. The molecule has 196 valence electrons. The molecular formula is C28H42O6S. The molecule has 2 rings (SSSR count). The van der Waals surface area contributed by atoms with Crippen LogP contribution in [0.2, 0.25) is 0 Å². The third-order valence-electron chi connectivity index (χ3n) is 5.91. The van der Waals surface area contributed by atoms with Crippen molar-refractivity contribution in [2.24, 2.45) is 0 Å². The van der Waals surface area contributed by atoms with Gasteiger partial charge in [-0.1, -0.05) is 51.4 Å². The molecule has 0 aliphatic rings. The van der Waals surface area contributed by atoms with E-state index in [0.717, 1.165) is 77.0 Å². The summed E-state index contributed by atoms with van der Waals surface area (Å²) in [5, 5.41) is 17.6. The van der Waals surface area contributed by atoms with E-state index in [9.17, 15) is 8.42 Å². The summed E-state index contributed by atoms with van der Waals surface area (Å²) in [6.45, 7) is 1.75. The Morgan fingerprint density at radius 3 is 1.14 bits per heavy atom. The molecule has 2 aromatic carbocycles. The van der Waals surface area contributed by atoms with E-state index in [1.165, 1.54) is 0 Å².